The summed E-state index contributed by atoms with van der Waals surface area (Å²) >= 11 is 0. The molecule has 3 nitrogen and oxygen atoms in total. The van der Waals surface area contributed by atoms with Crippen molar-refractivity contribution in [2.24, 2.45) is 0 Å². The van der Waals surface area contributed by atoms with Crippen molar-refractivity contribution in [1.29, 1.82) is 0 Å². The van der Waals surface area contributed by atoms with E-state index in [1.807, 2.05) is 0 Å². The number of benzene rings is 1. The number of nitrogens with one attached hydrogen (secondary N) is 1. The van der Waals surface area contributed by atoms with Gasteiger partial charge in [-0.2, -0.15) is 0 Å². The standard InChI is InChI=1S/C18H20N2O/c21-17-11-16(14-3-1-2-4-14)19-18(20-17)15-9-7-13(8-10-15)12-5-6-12/h7-12,14H,1-6H2,(H,19,20,21). The third kappa shape index (κ3) is 2.65. The van der Waals surface area contributed by atoms with Gasteiger partial charge >= 0.3 is 0 Å². The lowest BCUT2D eigenvalue weighted by atomic mass is 10.0. The highest BCUT2D eigenvalue weighted by Crippen LogP contribution is 2.40. The van der Waals surface area contributed by atoms with E-state index in [4.69, 9.17) is 4.98 Å². The molecule has 108 valence electrons. The molecule has 1 heterocycles. The molecule has 0 bridgehead atoms. The highest BCUT2D eigenvalue weighted by molar-refractivity contribution is 5.55. The molecule has 2 fully saturated rings. The number of H-pyrrole nitrogens is 1. The van der Waals surface area contributed by atoms with Gasteiger partial charge in [-0.3, -0.25) is 4.79 Å². The number of hydrogen-bond donors (Lipinski definition) is 1. The predicted molar refractivity (Wildman–Crippen MR) is 83.5 cm³/mol. The Morgan fingerprint density at radius 3 is 2.33 bits per heavy atom. The third-order valence-corrected chi connectivity index (χ3v) is 4.77. The summed E-state index contributed by atoms with van der Waals surface area (Å²) in [5.74, 6) is 1.94. The van der Waals surface area contributed by atoms with E-state index in [0.29, 0.717) is 11.7 Å². The second kappa shape index (κ2) is 5.14. The molecule has 0 atom stereocenters. The molecule has 4 rings (SSSR count). The quantitative estimate of drug-likeness (QED) is 0.924. The molecule has 2 aliphatic carbocycles. The summed E-state index contributed by atoms with van der Waals surface area (Å²) in [6.07, 6.45) is 7.46. The van der Waals surface area contributed by atoms with Crippen LogP contribution in [0.1, 0.15) is 61.6 Å². The smallest absolute Gasteiger partial charge is 0.251 e. The Morgan fingerprint density at radius 1 is 0.952 bits per heavy atom. The largest absolute Gasteiger partial charge is 0.307 e. The normalized spacial score (nSPS) is 19.0. The molecule has 2 aliphatic rings. The summed E-state index contributed by atoms with van der Waals surface area (Å²) in [6, 6.07) is 10.2. The first-order valence-corrected chi connectivity index (χ1v) is 8.01. The van der Waals surface area contributed by atoms with Crippen LogP contribution in [0.2, 0.25) is 0 Å². The predicted octanol–water partition coefficient (Wildman–Crippen LogP) is 3.97. The first-order chi connectivity index (χ1) is 10.3. The van der Waals surface area contributed by atoms with Crippen molar-refractivity contribution in [1.82, 2.24) is 9.97 Å². The monoisotopic (exact) mass is 280 g/mol. The minimum atomic E-state index is -0.0341. The molecule has 0 spiro atoms. The van der Waals surface area contributed by atoms with Gasteiger partial charge in [0.1, 0.15) is 5.82 Å². The maximum absolute atomic E-state index is 11.9. The van der Waals surface area contributed by atoms with E-state index < -0.39 is 0 Å². The van der Waals surface area contributed by atoms with Gasteiger partial charge in [0.15, 0.2) is 0 Å². The second-order valence-corrected chi connectivity index (χ2v) is 6.40. The van der Waals surface area contributed by atoms with E-state index >= 15 is 0 Å². The van der Waals surface area contributed by atoms with Crippen LogP contribution in [0.4, 0.5) is 0 Å². The average molecular weight is 280 g/mol. The van der Waals surface area contributed by atoms with E-state index in [2.05, 4.69) is 29.2 Å². The topological polar surface area (TPSA) is 45.8 Å². The number of rotatable bonds is 3. The lowest BCUT2D eigenvalue weighted by Crippen LogP contribution is -2.12. The third-order valence-electron chi connectivity index (χ3n) is 4.77. The molecule has 0 amide bonds. The van der Waals surface area contributed by atoms with Gasteiger partial charge in [-0.1, -0.05) is 37.1 Å². The van der Waals surface area contributed by atoms with Crippen LogP contribution >= 0.6 is 0 Å². The molecule has 3 heteroatoms. The molecular formula is C18H20N2O. The minimum Gasteiger partial charge on any atom is -0.307 e. The van der Waals surface area contributed by atoms with Gasteiger partial charge in [0, 0.05) is 17.5 Å². The molecular weight excluding hydrogens is 260 g/mol. The van der Waals surface area contributed by atoms with E-state index in [0.717, 1.165) is 30.0 Å². The lowest BCUT2D eigenvalue weighted by Gasteiger charge is -2.10. The summed E-state index contributed by atoms with van der Waals surface area (Å²) in [4.78, 5) is 19.5. The average Bonchev–Trinajstić information content (AvgIpc) is 3.21. The summed E-state index contributed by atoms with van der Waals surface area (Å²) in [5.41, 5.74) is 3.36. The molecule has 0 radical (unpaired) electrons. The van der Waals surface area contributed by atoms with Gasteiger partial charge < -0.3 is 4.98 Å². The van der Waals surface area contributed by atoms with Crippen molar-refractivity contribution in [3.63, 3.8) is 0 Å². The van der Waals surface area contributed by atoms with Crippen LogP contribution in [0.5, 0.6) is 0 Å². The van der Waals surface area contributed by atoms with E-state index in [1.165, 1.54) is 31.2 Å². The van der Waals surface area contributed by atoms with Crippen molar-refractivity contribution >= 4 is 0 Å². The molecule has 2 aromatic rings. The first kappa shape index (κ1) is 12.8. The Kier molecular flexibility index (Phi) is 3.13. The van der Waals surface area contributed by atoms with Crippen molar-refractivity contribution in [2.75, 3.05) is 0 Å². The van der Waals surface area contributed by atoms with Crippen molar-refractivity contribution in [2.45, 2.75) is 50.4 Å². The zero-order valence-corrected chi connectivity index (χ0v) is 12.1. The second-order valence-electron chi connectivity index (χ2n) is 6.40. The Bertz CT molecular complexity index is 692. The van der Waals surface area contributed by atoms with Crippen LogP contribution in [0.3, 0.4) is 0 Å². The maximum Gasteiger partial charge on any atom is 0.251 e. The van der Waals surface area contributed by atoms with Gasteiger partial charge in [0.05, 0.1) is 5.69 Å². The van der Waals surface area contributed by atoms with Crippen LogP contribution in [-0.2, 0) is 0 Å². The van der Waals surface area contributed by atoms with Crippen LogP contribution in [0.15, 0.2) is 35.1 Å². The van der Waals surface area contributed by atoms with Crippen molar-refractivity contribution in [3.05, 3.63) is 51.9 Å². The van der Waals surface area contributed by atoms with E-state index in [-0.39, 0.29) is 5.56 Å². The molecule has 1 aromatic carbocycles. The zero-order valence-electron chi connectivity index (χ0n) is 12.1. The van der Waals surface area contributed by atoms with Gasteiger partial charge in [-0.05, 0) is 37.2 Å². The van der Waals surface area contributed by atoms with E-state index in [9.17, 15) is 4.79 Å². The maximum atomic E-state index is 11.9. The number of hydrogen-bond acceptors (Lipinski definition) is 2. The van der Waals surface area contributed by atoms with Gasteiger partial charge in [0.25, 0.3) is 5.56 Å². The van der Waals surface area contributed by atoms with Gasteiger partial charge in [-0.25, -0.2) is 4.98 Å². The van der Waals surface area contributed by atoms with Crippen LogP contribution < -0.4 is 5.56 Å². The number of aromatic amines is 1. The van der Waals surface area contributed by atoms with Crippen molar-refractivity contribution < 1.29 is 0 Å². The number of nitrogens with zero attached hydrogens (tertiary/aromatic N) is 1. The van der Waals surface area contributed by atoms with Crippen LogP contribution in [0.25, 0.3) is 11.4 Å². The molecule has 2 saturated carbocycles. The first-order valence-electron chi connectivity index (χ1n) is 8.01. The van der Waals surface area contributed by atoms with E-state index in [1.54, 1.807) is 6.07 Å². The molecule has 0 aliphatic heterocycles. The fraction of sp³-hybridized carbons (Fsp3) is 0.444. The van der Waals surface area contributed by atoms with Gasteiger partial charge in [-0.15, -0.1) is 0 Å². The molecule has 0 unspecified atom stereocenters. The zero-order chi connectivity index (χ0) is 14.2. The summed E-state index contributed by atoms with van der Waals surface area (Å²) in [7, 11) is 0. The fourth-order valence-corrected chi connectivity index (χ4v) is 3.37. The summed E-state index contributed by atoms with van der Waals surface area (Å²) in [6.45, 7) is 0. The van der Waals surface area contributed by atoms with Crippen molar-refractivity contribution in [3.8, 4) is 11.4 Å². The Labute approximate surface area is 124 Å². The molecule has 1 aromatic heterocycles. The Balaban J connectivity index is 1.68. The van der Waals surface area contributed by atoms with Gasteiger partial charge in [0.2, 0.25) is 0 Å². The Morgan fingerprint density at radius 2 is 1.67 bits per heavy atom. The lowest BCUT2D eigenvalue weighted by molar-refractivity contribution is 0.693. The minimum absolute atomic E-state index is 0.0341. The highest BCUT2D eigenvalue weighted by atomic mass is 16.1. The summed E-state index contributed by atoms with van der Waals surface area (Å²) < 4.78 is 0. The molecule has 1 N–H and O–H groups in total. The van der Waals surface area contributed by atoms with Crippen LogP contribution in [0, 0.1) is 0 Å². The summed E-state index contributed by atoms with van der Waals surface area (Å²) in [5, 5.41) is 0. The SMILES string of the molecule is O=c1cc(C2CCCC2)nc(-c2ccc(C3CC3)cc2)[nH]1. The highest BCUT2D eigenvalue weighted by Gasteiger charge is 2.23. The molecule has 0 saturated heterocycles. The fourth-order valence-electron chi connectivity index (χ4n) is 3.37. The number of aromatic nitrogens is 2. The molecule has 21 heavy (non-hydrogen) atoms. The van der Waals surface area contributed by atoms with Crippen LogP contribution in [-0.4, -0.2) is 9.97 Å². The Hall–Kier alpha value is -1.90.